The van der Waals surface area contributed by atoms with Crippen LogP contribution in [0.5, 0.6) is 0 Å². The molecule has 0 aromatic carbocycles. The lowest BCUT2D eigenvalue weighted by Gasteiger charge is -2.23. The van der Waals surface area contributed by atoms with Gasteiger partial charge in [-0.3, -0.25) is 51.3 Å². The molecule has 0 bridgehead atoms. The van der Waals surface area contributed by atoms with Gasteiger partial charge < -0.3 is 29.0 Å². The van der Waals surface area contributed by atoms with E-state index in [1.54, 1.807) is 0 Å². The van der Waals surface area contributed by atoms with Gasteiger partial charge >= 0.3 is 34.8 Å². The van der Waals surface area contributed by atoms with Gasteiger partial charge in [0.05, 0.1) is 13.2 Å². The van der Waals surface area contributed by atoms with E-state index in [0.717, 1.165) is 28.6 Å². The number of hydrogen-bond donors (Lipinski definition) is 6. The Labute approximate surface area is 257 Å². The van der Waals surface area contributed by atoms with Crippen LogP contribution in [0.3, 0.4) is 0 Å². The number of ether oxygens (including phenoxy) is 2. The highest BCUT2D eigenvalue weighted by Gasteiger charge is 2.46. The third-order valence-corrected chi connectivity index (χ3v) is 9.34. The number of aromatic amines is 2. The van der Waals surface area contributed by atoms with E-state index in [2.05, 4.69) is 14.5 Å². The maximum absolute atomic E-state index is 13.0. The summed E-state index contributed by atoms with van der Waals surface area (Å²) in [5.41, 5.74) is -2.91. The maximum atomic E-state index is 13.0. The molecule has 0 radical (unpaired) electrons. The third-order valence-electron chi connectivity index (χ3n) is 6.85. The van der Waals surface area contributed by atoms with Gasteiger partial charge in [0.25, 0.3) is 11.1 Å². The van der Waals surface area contributed by atoms with Crippen LogP contribution in [-0.2, 0) is 45.8 Å². The van der Waals surface area contributed by atoms with Crippen molar-refractivity contribution in [3.63, 3.8) is 0 Å². The molecule has 25 heteroatoms. The van der Waals surface area contributed by atoms with E-state index < -0.39 is 96.1 Å². The van der Waals surface area contributed by atoms with Crippen molar-refractivity contribution in [2.24, 2.45) is 0 Å². The second-order valence-corrected chi connectivity index (χ2v) is 14.3. The molecule has 2 aromatic heterocycles. The van der Waals surface area contributed by atoms with Gasteiger partial charge in [0.15, 0.2) is 0 Å². The average Bonchev–Trinajstić information content (AvgIpc) is 3.52. The van der Waals surface area contributed by atoms with Crippen molar-refractivity contribution < 1.29 is 65.4 Å². The first kappa shape index (κ1) is 36.4. The number of H-pyrrole nitrogens is 2. The van der Waals surface area contributed by atoms with E-state index in [9.17, 15) is 52.4 Å². The summed E-state index contributed by atoms with van der Waals surface area (Å²) < 4.78 is 73.9. The lowest BCUT2D eigenvalue weighted by atomic mass is 10.2. The summed E-state index contributed by atoms with van der Waals surface area (Å²) in [4.78, 5) is 91.3. The smallest absolute Gasteiger partial charge is 0.349 e. The molecule has 4 rings (SSSR count). The van der Waals surface area contributed by atoms with E-state index in [-0.39, 0.29) is 24.0 Å². The molecule has 4 heterocycles. The summed E-state index contributed by atoms with van der Waals surface area (Å²) in [5, 5.41) is 0. The largest absolute Gasteiger partial charge is 0.472 e. The quantitative estimate of drug-likeness (QED) is 0.135. The van der Waals surface area contributed by atoms with Crippen LogP contribution in [0.15, 0.2) is 31.6 Å². The predicted octanol–water partition coefficient (Wildman–Crippen LogP) is -0.978. The van der Waals surface area contributed by atoms with E-state index in [1.165, 1.54) is 13.8 Å². The second kappa shape index (κ2) is 14.0. The minimum Gasteiger partial charge on any atom is -0.349 e. The van der Waals surface area contributed by atoms with Crippen molar-refractivity contribution >= 4 is 23.5 Å². The zero-order valence-corrected chi connectivity index (χ0v) is 26.9. The molecule has 2 saturated heterocycles. The first-order valence-corrected chi connectivity index (χ1v) is 17.7. The molecule has 8 atom stereocenters. The van der Waals surface area contributed by atoms with Gasteiger partial charge in [-0.1, -0.05) is 0 Å². The molecule has 8 unspecified atom stereocenters. The summed E-state index contributed by atoms with van der Waals surface area (Å²) >= 11 is 0. The standard InChI is InChI=1S/C21H31N4O18P3/c1-10-6-24(20(28)22-18(10)26)16-4-12(42-44(30,31)32)14(40-16)9-39-46(35,36)43-13-5-17(25-7-11(2)19(27)23-21(25)29)41-15(13)8-38-45(33,34)37-3/h6-7,12-17H,4-5,8-9H2,1-3H3,(H,33,34)(H,35,36)(H,22,26,28)(H,23,27,29)(H2,30,31,32). The van der Waals surface area contributed by atoms with Crippen molar-refractivity contribution in [2.75, 3.05) is 20.3 Å². The van der Waals surface area contributed by atoms with E-state index in [1.807, 2.05) is 0 Å². The van der Waals surface area contributed by atoms with Crippen molar-refractivity contribution in [3.8, 4) is 0 Å². The molecule has 2 aliphatic heterocycles. The Morgan fingerprint density at radius 1 is 0.761 bits per heavy atom. The Morgan fingerprint density at radius 3 is 1.59 bits per heavy atom. The van der Waals surface area contributed by atoms with Crippen LogP contribution in [0.2, 0.25) is 0 Å². The van der Waals surface area contributed by atoms with Crippen LogP contribution in [0.1, 0.15) is 36.4 Å². The minimum atomic E-state index is -5.15. The van der Waals surface area contributed by atoms with Gasteiger partial charge in [-0.25, -0.2) is 23.3 Å². The highest BCUT2D eigenvalue weighted by Crippen LogP contribution is 2.51. The number of phosphoric ester groups is 3. The summed E-state index contributed by atoms with van der Waals surface area (Å²) in [6.07, 6.45) is -6.61. The monoisotopic (exact) mass is 720 g/mol. The highest BCUT2D eigenvalue weighted by atomic mass is 31.2. The normalized spacial score (nSPS) is 27.8. The number of aromatic nitrogens is 4. The van der Waals surface area contributed by atoms with Crippen molar-refractivity contribution in [2.45, 2.75) is 63.6 Å². The van der Waals surface area contributed by atoms with E-state index in [0.29, 0.717) is 0 Å². The molecule has 0 aliphatic carbocycles. The Balaban J connectivity index is 1.51. The van der Waals surface area contributed by atoms with Gasteiger partial charge in [-0.2, -0.15) is 0 Å². The number of phosphoric acid groups is 3. The zero-order chi connectivity index (χ0) is 34.2. The first-order valence-electron chi connectivity index (χ1n) is 13.2. The van der Waals surface area contributed by atoms with Crippen LogP contribution < -0.4 is 22.5 Å². The van der Waals surface area contributed by atoms with Crippen molar-refractivity contribution in [1.29, 1.82) is 0 Å². The van der Waals surface area contributed by atoms with E-state index in [4.69, 9.17) is 27.6 Å². The molecule has 46 heavy (non-hydrogen) atoms. The fourth-order valence-electron chi connectivity index (χ4n) is 4.63. The number of nitrogens with one attached hydrogen (secondary N) is 2. The second-order valence-electron chi connectivity index (χ2n) is 10.2. The van der Waals surface area contributed by atoms with Gasteiger partial charge in [-0.15, -0.1) is 0 Å². The Kier molecular flexibility index (Phi) is 11.1. The predicted molar refractivity (Wildman–Crippen MR) is 150 cm³/mol. The molecule has 2 aliphatic rings. The summed E-state index contributed by atoms with van der Waals surface area (Å²) in [5.74, 6) is 0. The molecule has 2 fully saturated rings. The molecular weight excluding hydrogens is 689 g/mol. The fourth-order valence-corrected chi connectivity index (χ4v) is 6.61. The third kappa shape index (κ3) is 9.15. The lowest BCUT2D eigenvalue weighted by Crippen LogP contribution is -2.33. The highest BCUT2D eigenvalue weighted by molar-refractivity contribution is 7.47. The Hall–Kier alpha value is -2.39. The van der Waals surface area contributed by atoms with Crippen LogP contribution in [0.4, 0.5) is 0 Å². The summed E-state index contributed by atoms with van der Waals surface area (Å²) in [6.45, 7) is 1.19. The Bertz CT molecular complexity index is 1810. The molecule has 0 amide bonds. The fraction of sp³-hybridized carbons (Fsp3) is 0.619. The van der Waals surface area contributed by atoms with Crippen LogP contribution >= 0.6 is 23.5 Å². The summed E-state index contributed by atoms with van der Waals surface area (Å²) in [7, 11) is -14.0. The van der Waals surface area contributed by atoms with Gasteiger partial charge in [0.1, 0.15) is 36.9 Å². The average molecular weight is 720 g/mol. The van der Waals surface area contributed by atoms with Crippen molar-refractivity contribution in [1.82, 2.24) is 19.1 Å². The topological polar surface area (TPSA) is 306 Å². The minimum absolute atomic E-state index is 0.113. The van der Waals surface area contributed by atoms with Crippen LogP contribution in [-0.4, -0.2) is 83.4 Å². The Morgan fingerprint density at radius 2 is 1.17 bits per heavy atom. The van der Waals surface area contributed by atoms with Gasteiger partial charge in [-0.05, 0) is 13.8 Å². The number of nitrogens with zero attached hydrogens (tertiary/aromatic N) is 2. The molecule has 258 valence electrons. The summed E-state index contributed by atoms with van der Waals surface area (Å²) in [6, 6.07) is 0. The van der Waals surface area contributed by atoms with Gasteiger partial charge in [0.2, 0.25) is 0 Å². The van der Waals surface area contributed by atoms with Crippen molar-refractivity contribution in [3.05, 3.63) is 65.2 Å². The van der Waals surface area contributed by atoms with Gasteiger partial charge in [0, 0.05) is 43.5 Å². The molecule has 6 N–H and O–H groups in total. The molecular formula is C21H31N4O18P3. The van der Waals surface area contributed by atoms with Crippen LogP contribution in [0.25, 0.3) is 0 Å². The number of rotatable bonds is 13. The van der Waals surface area contributed by atoms with Crippen LogP contribution in [0, 0.1) is 13.8 Å². The lowest BCUT2D eigenvalue weighted by molar-refractivity contribution is -0.0569. The zero-order valence-electron chi connectivity index (χ0n) is 24.2. The first-order chi connectivity index (χ1) is 21.3. The maximum Gasteiger partial charge on any atom is 0.472 e. The number of hydrogen-bond acceptors (Lipinski definition) is 14. The molecule has 22 nitrogen and oxygen atoms in total. The number of aryl methyl sites for hydroxylation is 2. The molecule has 2 aromatic rings. The molecule has 0 saturated carbocycles. The molecule has 0 spiro atoms. The van der Waals surface area contributed by atoms with E-state index >= 15 is 0 Å². The SMILES string of the molecule is COP(=O)(O)OCC1OC(n2cc(C)c(=O)[nH]c2=O)CC1OP(=O)(O)OCC1OC(n2cc(C)c(=O)[nH]c2=O)CC1OP(=O)(O)O.